The van der Waals surface area contributed by atoms with Crippen LogP contribution in [0.2, 0.25) is 0 Å². The predicted octanol–water partition coefficient (Wildman–Crippen LogP) is 12.9. The Hall–Kier alpha value is -6.82. The quantitative estimate of drug-likeness (QED) is 0.189. The van der Waals surface area contributed by atoms with Crippen molar-refractivity contribution in [3.63, 3.8) is 0 Å². The molecule has 4 nitrogen and oxygen atoms in total. The van der Waals surface area contributed by atoms with Crippen LogP contribution in [0.15, 0.2) is 180 Å². The second kappa shape index (κ2) is 11.8. The number of aliphatic imine (C=N–C) groups is 2. The Morgan fingerprint density at radius 2 is 1.24 bits per heavy atom. The third-order valence-corrected chi connectivity index (χ3v) is 12.8. The molecule has 0 saturated heterocycles. The summed E-state index contributed by atoms with van der Waals surface area (Å²) in [5, 5.41) is 7.41. The van der Waals surface area contributed by atoms with E-state index in [0.29, 0.717) is 0 Å². The number of rotatable bonds is 3. The van der Waals surface area contributed by atoms with Crippen molar-refractivity contribution in [2.24, 2.45) is 9.98 Å². The van der Waals surface area contributed by atoms with E-state index in [1.807, 2.05) is 11.3 Å². The van der Waals surface area contributed by atoms with Gasteiger partial charge in [0.2, 0.25) is 5.96 Å². The normalized spacial score (nSPS) is 16.5. The van der Waals surface area contributed by atoms with Crippen molar-refractivity contribution in [3.05, 3.63) is 186 Å². The number of H-pyrrole nitrogens is 1. The van der Waals surface area contributed by atoms with Crippen molar-refractivity contribution in [1.29, 1.82) is 0 Å². The molecule has 2 aliphatic rings. The minimum Gasteiger partial charge on any atom is -0.354 e. The monoisotopic (exact) mass is 720 g/mol. The second-order valence-corrected chi connectivity index (χ2v) is 15.7. The molecule has 1 aliphatic carbocycles. The Kier molecular flexibility index (Phi) is 6.59. The summed E-state index contributed by atoms with van der Waals surface area (Å²) in [7, 11) is 0. The number of aromatic nitrogens is 2. The first-order chi connectivity index (χ1) is 27.2. The molecular formula is C50H32N4S. The van der Waals surface area contributed by atoms with Crippen LogP contribution in [0.3, 0.4) is 0 Å². The first-order valence-corrected chi connectivity index (χ1v) is 19.6. The average Bonchev–Trinajstić information content (AvgIpc) is 3.96. The van der Waals surface area contributed by atoms with Crippen molar-refractivity contribution >= 4 is 83.5 Å². The minimum absolute atomic E-state index is 0.0323. The summed E-state index contributed by atoms with van der Waals surface area (Å²) < 4.78 is 2.27. The van der Waals surface area contributed by atoms with Crippen LogP contribution < -0.4 is 0 Å². The Balaban J connectivity index is 1.02. The highest BCUT2D eigenvalue weighted by Gasteiger charge is 2.37. The molecule has 55 heavy (non-hydrogen) atoms. The van der Waals surface area contributed by atoms with E-state index in [1.54, 1.807) is 0 Å². The molecular weight excluding hydrogens is 689 g/mol. The van der Waals surface area contributed by atoms with Gasteiger partial charge < -0.3 is 4.98 Å². The lowest BCUT2D eigenvalue weighted by molar-refractivity contribution is 0.740. The molecule has 4 heterocycles. The summed E-state index contributed by atoms with van der Waals surface area (Å²) in [6.07, 6.45) is 4.54. The lowest BCUT2D eigenvalue weighted by Gasteiger charge is -2.31. The van der Waals surface area contributed by atoms with Crippen LogP contribution >= 0.6 is 11.3 Å². The molecule has 10 aromatic rings. The molecule has 12 rings (SSSR count). The van der Waals surface area contributed by atoms with Crippen LogP contribution in [-0.2, 0) is 0 Å². The van der Waals surface area contributed by atoms with Crippen molar-refractivity contribution in [1.82, 2.24) is 9.55 Å². The molecule has 0 saturated carbocycles. The Morgan fingerprint density at radius 1 is 0.545 bits per heavy atom. The molecule has 0 radical (unpaired) electrons. The zero-order valence-electron chi connectivity index (χ0n) is 29.6. The minimum atomic E-state index is -0.0769. The third-order valence-electron chi connectivity index (χ3n) is 11.5. The summed E-state index contributed by atoms with van der Waals surface area (Å²) in [4.78, 5) is 17.2. The fraction of sp³-hybridized carbons (Fsp3) is 0.0400. The van der Waals surface area contributed by atoms with Gasteiger partial charge >= 0.3 is 0 Å². The number of nitrogens with one attached hydrogen (secondary N) is 1. The van der Waals surface area contributed by atoms with Crippen LogP contribution in [0, 0.1) is 0 Å². The number of hydrogen-bond donors (Lipinski definition) is 1. The molecule has 7 aromatic carbocycles. The first-order valence-electron chi connectivity index (χ1n) is 18.8. The van der Waals surface area contributed by atoms with Crippen LogP contribution in [0.4, 0.5) is 0 Å². The fourth-order valence-electron chi connectivity index (χ4n) is 8.93. The number of aromatic amines is 1. The van der Waals surface area contributed by atoms with Gasteiger partial charge in [0.15, 0.2) is 0 Å². The summed E-state index contributed by atoms with van der Waals surface area (Å²) in [6.45, 7) is 0. The summed E-state index contributed by atoms with van der Waals surface area (Å²) >= 11 is 1.87. The van der Waals surface area contributed by atoms with Gasteiger partial charge in [0.05, 0.1) is 28.7 Å². The van der Waals surface area contributed by atoms with Gasteiger partial charge in [-0.3, -0.25) is 4.57 Å². The van der Waals surface area contributed by atoms with Crippen LogP contribution in [0.25, 0.3) is 82.0 Å². The Labute approximate surface area is 321 Å². The molecule has 2 atom stereocenters. The van der Waals surface area contributed by atoms with Crippen molar-refractivity contribution in [2.75, 3.05) is 0 Å². The highest BCUT2D eigenvalue weighted by molar-refractivity contribution is 7.16. The van der Waals surface area contributed by atoms with E-state index >= 15 is 0 Å². The number of benzene rings is 7. The van der Waals surface area contributed by atoms with Crippen molar-refractivity contribution < 1.29 is 0 Å². The van der Waals surface area contributed by atoms with E-state index < -0.39 is 0 Å². The number of fused-ring (bicyclic) bond motifs is 11. The maximum absolute atomic E-state index is 5.52. The molecule has 0 amide bonds. The molecule has 1 aliphatic heterocycles. The molecule has 0 spiro atoms. The third kappa shape index (κ3) is 4.70. The highest BCUT2D eigenvalue weighted by atomic mass is 32.1. The number of hydrogen-bond acceptors (Lipinski definition) is 3. The molecule has 0 fully saturated rings. The second-order valence-electron chi connectivity index (χ2n) is 14.6. The van der Waals surface area contributed by atoms with E-state index in [9.17, 15) is 0 Å². The van der Waals surface area contributed by atoms with Gasteiger partial charge in [0.25, 0.3) is 0 Å². The molecule has 3 aromatic heterocycles. The maximum atomic E-state index is 5.52. The van der Waals surface area contributed by atoms with E-state index in [4.69, 9.17) is 9.98 Å². The SMILES string of the molecule is C1=CC2N=C(n3c4ccccc4c4cc(-c5ccc6[nH]c7ccc8ccccc8c7c6c5)ccc43)N=C(c3ccccc3)C2c2sc(-c3ccccc3)cc21. The van der Waals surface area contributed by atoms with Gasteiger partial charge in [-0.2, -0.15) is 0 Å². The molecule has 2 unspecified atom stereocenters. The van der Waals surface area contributed by atoms with Gasteiger partial charge in [0, 0.05) is 42.3 Å². The Morgan fingerprint density at radius 3 is 2.09 bits per heavy atom. The maximum Gasteiger partial charge on any atom is 0.230 e. The Bertz CT molecular complexity index is 3270. The van der Waals surface area contributed by atoms with Crippen LogP contribution in [0.1, 0.15) is 21.9 Å². The molecule has 5 heteroatoms. The van der Waals surface area contributed by atoms with Gasteiger partial charge in [-0.1, -0.05) is 133 Å². The van der Waals surface area contributed by atoms with E-state index in [0.717, 1.165) is 39.3 Å². The average molecular weight is 721 g/mol. The number of nitrogens with zero attached hydrogens (tertiary/aromatic N) is 3. The van der Waals surface area contributed by atoms with Crippen molar-refractivity contribution in [2.45, 2.75) is 12.0 Å². The standard InChI is InChI=1S/C50H32N4S/c1-3-12-31(13-4-1)45-29-35-21-25-42-47(49(35)55-45)48(32-14-5-2-6-15-32)53-50(52-42)54-43-18-10-9-17-37(43)38-27-34(22-26-44(38)54)33-20-23-40-39(28-33)46-36-16-8-7-11-30(36)19-24-41(46)51-40/h1-29,42,47,51H. The predicted molar refractivity (Wildman–Crippen MR) is 233 cm³/mol. The van der Waals surface area contributed by atoms with Crippen LogP contribution in [-0.4, -0.2) is 27.3 Å². The smallest absolute Gasteiger partial charge is 0.230 e. The fourth-order valence-corrected chi connectivity index (χ4v) is 10.2. The summed E-state index contributed by atoms with van der Waals surface area (Å²) in [5.41, 5.74) is 11.6. The lowest BCUT2D eigenvalue weighted by Crippen LogP contribution is -2.33. The van der Waals surface area contributed by atoms with Crippen molar-refractivity contribution in [3.8, 4) is 21.6 Å². The van der Waals surface area contributed by atoms with Gasteiger partial charge in [-0.05, 0) is 81.1 Å². The van der Waals surface area contributed by atoms with E-state index in [1.165, 1.54) is 64.3 Å². The summed E-state index contributed by atoms with van der Waals surface area (Å²) in [6, 6.07) is 59.0. The van der Waals surface area contributed by atoms with Gasteiger partial charge in [-0.15, -0.1) is 11.3 Å². The van der Waals surface area contributed by atoms with E-state index in [2.05, 4.69) is 185 Å². The van der Waals surface area contributed by atoms with Gasteiger partial charge in [0.1, 0.15) is 0 Å². The summed E-state index contributed by atoms with van der Waals surface area (Å²) in [5.74, 6) is 0.754. The molecule has 1 N–H and O–H groups in total. The van der Waals surface area contributed by atoms with E-state index in [-0.39, 0.29) is 12.0 Å². The zero-order chi connectivity index (χ0) is 36.0. The van der Waals surface area contributed by atoms with Crippen LogP contribution in [0.5, 0.6) is 0 Å². The molecule has 0 bridgehead atoms. The topological polar surface area (TPSA) is 45.4 Å². The van der Waals surface area contributed by atoms with Gasteiger partial charge in [-0.25, -0.2) is 9.98 Å². The molecule has 258 valence electrons. The largest absolute Gasteiger partial charge is 0.354 e. The highest BCUT2D eigenvalue weighted by Crippen LogP contribution is 2.45. The number of para-hydroxylation sites is 1. The zero-order valence-corrected chi connectivity index (χ0v) is 30.5. The number of thiophene rings is 1. The first kappa shape index (κ1) is 30.6. The lowest BCUT2D eigenvalue weighted by atomic mass is 9.83.